The van der Waals surface area contributed by atoms with E-state index >= 15 is 0 Å². The van der Waals surface area contributed by atoms with Gasteiger partial charge in [-0.25, -0.2) is 0 Å². The number of hydrogen-bond donors (Lipinski definition) is 6. The lowest BCUT2D eigenvalue weighted by atomic mass is 10.00. The maximum Gasteiger partial charge on any atom is 0.238 e. The van der Waals surface area contributed by atoms with Crippen LogP contribution in [0.1, 0.15) is 6.92 Å². The summed E-state index contributed by atoms with van der Waals surface area (Å²) in [6.07, 6.45) is -6.22. The van der Waals surface area contributed by atoms with Gasteiger partial charge in [0.1, 0.15) is 35.0 Å². The number of phenolic OH excluding ortho intramolecular Hbond substituents is 2. The minimum atomic E-state index is -1.49. The summed E-state index contributed by atoms with van der Waals surface area (Å²) in [6, 6.07) is 6.87. The van der Waals surface area contributed by atoms with E-state index in [1.807, 2.05) is 0 Å². The number of methoxy groups -OCH3 is 1. The van der Waals surface area contributed by atoms with Gasteiger partial charge in [0.05, 0.1) is 13.2 Å². The van der Waals surface area contributed by atoms with Crippen molar-refractivity contribution in [2.75, 3.05) is 7.11 Å². The Balaban J connectivity index is 1.66. The highest BCUT2D eigenvalue weighted by Crippen LogP contribution is 2.43. The molecule has 1 fully saturated rings. The van der Waals surface area contributed by atoms with Gasteiger partial charge < -0.3 is 49.3 Å². The molecule has 2 aromatic carbocycles. The van der Waals surface area contributed by atoms with Crippen LogP contribution in [0.3, 0.4) is 0 Å². The quantitative estimate of drug-likeness (QED) is 0.323. The lowest BCUT2D eigenvalue weighted by Crippen LogP contribution is -2.58. The molecule has 1 aromatic heterocycles. The molecule has 6 N–H and O–H groups in total. The number of ether oxygens (including phenoxy) is 3. The predicted molar refractivity (Wildman–Crippen MR) is 112 cm³/mol. The fraction of sp³-hybridized carbons (Fsp3) is 0.318. The molecule has 0 bridgehead atoms. The highest BCUT2D eigenvalue weighted by atomic mass is 16.7. The van der Waals surface area contributed by atoms with Gasteiger partial charge in [-0.2, -0.15) is 0 Å². The number of aliphatic hydroxyl groups is 3. The van der Waals surface area contributed by atoms with Gasteiger partial charge in [0.25, 0.3) is 0 Å². The summed E-state index contributed by atoms with van der Waals surface area (Å²) in [5.41, 5.74) is -0.839. The second-order valence-electron chi connectivity index (χ2n) is 7.58. The van der Waals surface area contributed by atoms with Crippen LogP contribution in [0.25, 0.3) is 22.3 Å². The maximum atomic E-state index is 12.7. The van der Waals surface area contributed by atoms with E-state index in [9.17, 15) is 35.4 Å². The first-order valence-electron chi connectivity index (χ1n) is 9.89. The lowest BCUT2D eigenvalue weighted by molar-refractivity contribution is -0.268. The molecule has 0 amide bonds. The van der Waals surface area contributed by atoms with Crippen LogP contribution in [0, 0.1) is 0 Å². The first kappa shape index (κ1) is 22.7. The average molecular weight is 462 g/mol. The van der Waals surface area contributed by atoms with Crippen molar-refractivity contribution >= 4 is 11.0 Å². The number of aromatic hydroxyl groups is 3. The van der Waals surface area contributed by atoms with Crippen LogP contribution in [-0.4, -0.2) is 68.5 Å². The van der Waals surface area contributed by atoms with E-state index in [1.54, 1.807) is 0 Å². The summed E-state index contributed by atoms with van der Waals surface area (Å²) in [6.45, 7) is 1.52. The summed E-state index contributed by atoms with van der Waals surface area (Å²) >= 11 is 0. The normalized spacial score (nSPS) is 25.2. The molecule has 4 rings (SSSR count). The van der Waals surface area contributed by atoms with Gasteiger partial charge in [0, 0.05) is 11.6 Å². The average Bonchev–Trinajstić information content (AvgIpc) is 2.79. The fourth-order valence-corrected chi connectivity index (χ4v) is 3.62. The Morgan fingerprint density at radius 3 is 2.24 bits per heavy atom. The number of fused-ring (bicyclic) bond motifs is 1. The molecule has 0 aliphatic carbocycles. The molecular weight excluding hydrogens is 440 g/mol. The first-order valence-corrected chi connectivity index (χ1v) is 9.89. The van der Waals surface area contributed by atoms with Crippen molar-refractivity contribution in [3.05, 3.63) is 40.6 Å². The molecule has 176 valence electrons. The van der Waals surface area contributed by atoms with Crippen LogP contribution in [-0.2, 0) is 4.74 Å². The van der Waals surface area contributed by atoms with Crippen LogP contribution >= 0.6 is 0 Å². The molecule has 33 heavy (non-hydrogen) atoms. The smallest absolute Gasteiger partial charge is 0.238 e. The zero-order valence-electron chi connectivity index (χ0n) is 17.5. The molecule has 1 saturated heterocycles. The SMILES string of the molecule is COc1c(O)cc2oc(-c3ccc(O[C@@H]4O[C@H](C)[C@H](O)[C@@H](O)[C@@H]4O)cc3)c(O)c(=O)c2c1O. The lowest BCUT2D eigenvalue weighted by Gasteiger charge is -2.38. The van der Waals surface area contributed by atoms with Gasteiger partial charge >= 0.3 is 0 Å². The summed E-state index contributed by atoms with van der Waals surface area (Å²) < 4.78 is 21.4. The van der Waals surface area contributed by atoms with Crippen LogP contribution in [0.4, 0.5) is 0 Å². The third-order valence-electron chi connectivity index (χ3n) is 5.45. The number of hydrogen-bond acceptors (Lipinski definition) is 11. The summed E-state index contributed by atoms with van der Waals surface area (Å²) in [5, 5.41) is 60.0. The molecule has 0 saturated carbocycles. The number of benzene rings is 2. The van der Waals surface area contributed by atoms with Gasteiger partial charge in [-0.15, -0.1) is 0 Å². The summed E-state index contributed by atoms with van der Waals surface area (Å²) in [5.74, 6) is -2.22. The molecule has 11 heteroatoms. The van der Waals surface area contributed by atoms with E-state index in [0.717, 1.165) is 6.07 Å². The predicted octanol–water partition coefficient (Wildman–Crippen LogP) is 0.792. The molecule has 0 radical (unpaired) electrons. The van der Waals surface area contributed by atoms with E-state index in [1.165, 1.54) is 38.3 Å². The van der Waals surface area contributed by atoms with E-state index in [4.69, 9.17) is 18.6 Å². The van der Waals surface area contributed by atoms with Crippen molar-refractivity contribution in [3.63, 3.8) is 0 Å². The minimum absolute atomic E-state index is 0.177. The molecule has 1 aliphatic rings. The Morgan fingerprint density at radius 1 is 0.939 bits per heavy atom. The van der Waals surface area contributed by atoms with E-state index in [-0.39, 0.29) is 33.8 Å². The Bertz CT molecular complexity index is 1230. The van der Waals surface area contributed by atoms with Crippen molar-refractivity contribution in [2.24, 2.45) is 0 Å². The van der Waals surface area contributed by atoms with E-state index in [0.29, 0.717) is 0 Å². The highest BCUT2D eigenvalue weighted by molar-refractivity contribution is 5.91. The van der Waals surface area contributed by atoms with Crippen LogP contribution in [0.15, 0.2) is 39.5 Å². The molecular formula is C22H22O11. The maximum absolute atomic E-state index is 12.7. The van der Waals surface area contributed by atoms with E-state index in [2.05, 4.69) is 0 Å². The van der Waals surface area contributed by atoms with Gasteiger partial charge in [-0.3, -0.25) is 4.79 Å². The van der Waals surface area contributed by atoms with Crippen molar-refractivity contribution in [1.82, 2.24) is 0 Å². The monoisotopic (exact) mass is 462 g/mol. The van der Waals surface area contributed by atoms with Crippen molar-refractivity contribution in [2.45, 2.75) is 37.6 Å². The van der Waals surface area contributed by atoms with Crippen LogP contribution in [0.5, 0.6) is 28.7 Å². The summed E-state index contributed by atoms with van der Waals surface area (Å²) in [4.78, 5) is 12.7. The first-order chi connectivity index (χ1) is 15.6. The molecule has 2 heterocycles. The highest BCUT2D eigenvalue weighted by Gasteiger charge is 2.43. The zero-order chi connectivity index (χ0) is 24.0. The topological polar surface area (TPSA) is 179 Å². The Labute approximate surface area is 186 Å². The molecule has 1 aliphatic heterocycles. The van der Waals surface area contributed by atoms with Gasteiger partial charge in [-0.05, 0) is 31.2 Å². The molecule has 11 nitrogen and oxygen atoms in total. The second kappa shape index (κ2) is 8.45. The van der Waals surface area contributed by atoms with Crippen LogP contribution < -0.4 is 14.9 Å². The third kappa shape index (κ3) is 3.80. The molecule has 0 spiro atoms. The molecule has 0 unspecified atom stereocenters. The van der Waals surface area contributed by atoms with Gasteiger partial charge in [0.2, 0.25) is 23.2 Å². The third-order valence-corrected chi connectivity index (χ3v) is 5.45. The minimum Gasteiger partial charge on any atom is -0.504 e. The largest absolute Gasteiger partial charge is 0.504 e. The summed E-state index contributed by atoms with van der Waals surface area (Å²) in [7, 11) is 1.20. The number of aliphatic hydroxyl groups excluding tert-OH is 3. The van der Waals surface area contributed by atoms with Crippen molar-refractivity contribution < 1.29 is 49.3 Å². The Kier molecular flexibility index (Phi) is 5.80. The zero-order valence-corrected chi connectivity index (χ0v) is 17.5. The van der Waals surface area contributed by atoms with Crippen molar-refractivity contribution in [3.8, 4) is 40.1 Å². The Hall–Kier alpha value is -3.51. The fourth-order valence-electron chi connectivity index (χ4n) is 3.62. The number of rotatable bonds is 4. The van der Waals surface area contributed by atoms with Gasteiger partial charge in [0.15, 0.2) is 17.3 Å². The van der Waals surface area contributed by atoms with Crippen molar-refractivity contribution in [1.29, 1.82) is 0 Å². The number of phenols is 2. The van der Waals surface area contributed by atoms with Gasteiger partial charge in [-0.1, -0.05) is 0 Å². The van der Waals surface area contributed by atoms with E-state index < -0.39 is 53.4 Å². The standard InChI is InChI=1S/C22H22O11/c1-8-14(24)17(27)19(29)22(31-8)32-10-5-3-9(4-6-10)20-18(28)15(25)13-12(33-20)7-11(23)21(30-2)16(13)26/h3-8,14,17,19,22-24,26-29H,1-2H3/t8-,14+,17-,19+,22+/m1/s1. The second-order valence-corrected chi connectivity index (χ2v) is 7.58. The van der Waals surface area contributed by atoms with Crippen LogP contribution in [0.2, 0.25) is 0 Å². The molecule has 5 atom stereocenters. The molecule has 3 aromatic rings. The Morgan fingerprint density at radius 2 is 1.61 bits per heavy atom.